The minimum atomic E-state index is -3.62. The lowest BCUT2D eigenvalue weighted by Gasteiger charge is -2.27. The maximum absolute atomic E-state index is 12.7. The second kappa shape index (κ2) is 5.19. The summed E-state index contributed by atoms with van der Waals surface area (Å²) in [7, 11) is -3.62. The van der Waals surface area contributed by atoms with Gasteiger partial charge in [-0.3, -0.25) is 9.59 Å². The zero-order valence-corrected chi connectivity index (χ0v) is 13.4. The lowest BCUT2D eigenvalue weighted by atomic mass is 9.74. The Morgan fingerprint density at radius 1 is 1.05 bits per heavy atom. The molecule has 6 heteroatoms. The van der Waals surface area contributed by atoms with Crippen LogP contribution in [0.3, 0.4) is 0 Å². The Morgan fingerprint density at radius 3 is 2.18 bits per heavy atom. The predicted molar refractivity (Wildman–Crippen MR) is 82.4 cm³/mol. The van der Waals surface area contributed by atoms with Gasteiger partial charge in [-0.25, -0.2) is 12.7 Å². The van der Waals surface area contributed by atoms with E-state index in [4.69, 9.17) is 0 Å². The first-order valence-corrected chi connectivity index (χ1v) is 9.35. The van der Waals surface area contributed by atoms with Crippen LogP contribution in [-0.4, -0.2) is 37.2 Å². The number of sulfonamides is 1. The Balaban J connectivity index is 2.14. The van der Waals surface area contributed by atoms with Gasteiger partial charge in [0.2, 0.25) is 10.0 Å². The first kappa shape index (κ1) is 15.2. The normalized spacial score (nSPS) is 24.7. The molecule has 1 saturated heterocycles. The molecule has 1 aliphatic heterocycles. The standard InChI is InChI=1S/C16H19NO4S/c1-22(20,21)17-11-16(9-7-13(18)8-10-16)14(15(17)19)12-5-3-2-4-6-12/h7-10H,2-6,11H2,1H3. The summed E-state index contributed by atoms with van der Waals surface area (Å²) < 4.78 is 24.8. The minimum Gasteiger partial charge on any atom is -0.290 e. The van der Waals surface area contributed by atoms with Gasteiger partial charge >= 0.3 is 0 Å². The molecule has 22 heavy (non-hydrogen) atoms. The van der Waals surface area contributed by atoms with Crippen molar-refractivity contribution in [2.45, 2.75) is 32.1 Å². The average Bonchev–Trinajstić information content (AvgIpc) is 2.76. The topological polar surface area (TPSA) is 71.5 Å². The number of nitrogens with zero attached hydrogens (tertiary/aromatic N) is 1. The summed E-state index contributed by atoms with van der Waals surface area (Å²) >= 11 is 0. The van der Waals surface area contributed by atoms with E-state index >= 15 is 0 Å². The third kappa shape index (κ3) is 2.45. The number of hydrogen-bond acceptors (Lipinski definition) is 4. The van der Waals surface area contributed by atoms with Crippen molar-refractivity contribution in [2.75, 3.05) is 12.8 Å². The number of ketones is 1. The van der Waals surface area contributed by atoms with E-state index < -0.39 is 21.3 Å². The van der Waals surface area contributed by atoms with Crippen LogP contribution in [0, 0.1) is 5.41 Å². The molecule has 2 fully saturated rings. The van der Waals surface area contributed by atoms with Crippen LogP contribution in [0.4, 0.5) is 0 Å². The Bertz CT molecular complexity index is 703. The number of rotatable bonds is 1. The molecule has 2 aliphatic carbocycles. The first-order chi connectivity index (χ1) is 10.3. The third-order valence-electron chi connectivity index (χ3n) is 4.61. The molecule has 0 radical (unpaired) electrons. The number of amides is 1. The smallest absolute Gasteiger partial charge is 0.264 e. The van der Waals surface area contributed by atoms with E-state index in [0.717, 1.165) is 48.2 Å². The summed E-state index contributed by atoms with van der Waals surface area (Å²) in [5, 5.41) is 0. The van der Waals surface area contributed by atoms with Crippen molar-refractivity contribution < 1.29 is 18.0 Å². The summed E-state index contributed by atoms with van der Waals surface area (Å²) in [6.07, 6.45) is 12.1. The summed E-state index contributed by atoms with van der Waals surface area (Å²) in [6, 6.07) is 0. The Kier molecular flexibility index (Phi) is 3.59. The molecule has 0 unspecified atom stereocenters. The largest absolute Gasteiger partial charge is 0.290 e. The molecule has 3 aliphatic rings. The number of allylic oxidation sites excluding steroid dienone is 3. The van der Waals surface area contributed by atoms with Crippen LogP contribution in [0.1, 0.15) is 32.1 Å². The second-order valence-electron chi connectivity index (χ2n) is 6.22. The van der Waals surface area contributed by atoms with Gasteiger partial charge in [-0.2, -0.15) is 0 Å². The van der Waals surface area contributed by atoms with Crippen LogP contribution in [-0.2, 0) is 19.6 Å². The summed E-state index contributed by atoms with van der Waals surface area (Å²) in [4.78, 5) is 24.2. The van der Waals surface area contributed by atoms with Gasteiger partial charge in [0.15, 0.2) is 5.78 Å². The molecule has 3 rings (SSSR count). The quantitative estimate of drug-likeness (QED) is 0.690. The number of carbonyl (C=O) groups excluding carboxylic acids is 2. The van der Waals surface area contributed by atoms with Crippen molar-refractivity contribution in [3.8, 4) is 0 Å². The molecule has 0 aromatic rings. The number of carbonyl (C=O) groups is 2. The fourth-order valence-electron chi connectivity index (χ4n) is 3.53. The van der Waals surface area contributed by atoms with Crippen LogP contribution >= 0.6 is 0 Å². The zero-order chi connectivity index (χ0) is 16.0. The van der Waals surface area contributed by atoms with E-state index in [1.807, 2.05) is 0 Å². The predicted octanol–water partition coefficient (Wildman–Crippen LogP) is 1.73. The molecule has 0 N–H and O–H groups in total. The Hall–Kier alpha value is -1.69. The van der Waals surface area contributed by atoms with Crippen LogP contribution in [0.15, 0.2) is 35.5 Å². The zero-order valence-electron chi connectivity index (χ0n) is 12.5. The van der Waals surface area contributed by atoms with E-state index in [2.05, 4.69) is 0 Å². The highest BCUT2D eigenvalue weighted by Gasteiger charge is 2.50. The molecule has 1 spiro atoms. The molecule has 118 valence electrons. The molecule has 1 saturated carbocycles. The second-order valence-corrected chi connectivity index (χ2v) is 8.13. The van der Waals surface area contributed by atoms with Crippen molar-refractivity contribution in [3.05, 3.63) is 35.5 Å². The van der Waals surface area contributed by atoms with Gasteiger partial charge < -0.3 is 0 Å². The minimum absolute atomic E-state index is 0.0593. The summed E-state index contributed by atoms with van der Waals surface area (Å²) in [5.41, 5.74) is 0.837. The van der Waals surface area contributed by atoms with Crippen molar-refractivity contribution in [2.24, 2.45) is 5.41 Å². The SMILES string of the molecule is CS(=O)(=O)N1CC2(C=CC(=O)C=C2)C(=C2CCCCC2)C1=O. The molecular weight excluding hydrogens is 302 g/mol. The molecule has 0 aromatic carbocycles. The van der Waals surface area contributed by atoms with Gasteiger partial charge in [-0.1, -0.05) is 24.1 Å². The van der Waals surface area contributed by atoms with Crippen molar-refractivity contribution in [3.63, 3.8) is 0 Å². The van der Waals surface area contributed by atoms with Crippen molar-refractivity contribution in [1.82, 2.24) is 4.31 Å². The molecule has 1 amide bonds. The molecule has 0 atom stereocenters. The molecule has 5 nitrogen and oxygen atoms in total. The van der Waals surface area contributed by atoms with E-state index in [1.54, 1.807) is 12.2 Å². The average molecular weight is 321 g/mol. The monoisotopic (exact) mass is 321 g/mol. The maximum Gasteiger partial charge on any atom is 0.264 e. The lowest BCUT2D eigenvalue weighted by molar-refractivity contribution is -0.120. The summed E-state index contributed by atoms with van der Waals surface area (Å²) in [5.74, 6) is -0.563. The molecule has 1 heterocycles. The third-order valence-corrected chi connectivity index (χ3v) is 5.71. The van der Waals surface area contributed by atoms with E-state index in [-0.39, 0.29) is 12.3 Å². The van der Waals surface area contributed by atoms with Gasteiger partial charge in [0.1, 0.15) is 0 Å². The molecule has 0 bridgehead atoms. The van der Waals surface area contributed by atoms with Crippen LogP contribution in [0.5, 0.6) is 0 Å². The first-order valence-electron chi connectivity index (χ1n) is 7.50. The van der Waals surface area contributed by atoms with Gasteiger partial charge in [0.05, 0.1) is 18.2 Å². The van der Waals surface area contributed by atoms with E-state index in [0.29, 0.717) is 5.57 Å². The maximum atomic E-state index is 12.7. The fourth-order valence-corrected chi connectivity index (χ4v) is 4.37. The highest BCUT2D eigenvalue weighted by molar-refractivity contribution is 7.88. The Morgan fingerprint density at radius 2 is 1.64 bits per heavy atom. The van der Waals surface area contributed by atoms with Crippen molar-refractivity contribution >= 4 is 21.7 Å². The van der Waals surface area contributed by atoms with Crippen LogP contribution in [0.25, 0.3) is 0 Å². The highest BCUT2D eigenvalue weighted by Crippen LogP contribution is 2.46. The number of hydrogen-bond donors (Lipinski definition) is 0. The fraction of sp³-hybridized carbons (Fsp3) is 0.500. The van der Waals surface area contributed by atoms with Gasteiger partial charge in [-0.05, 0) is 37.8 Å². The van der Waals surface area contributed by atoms with Crippen LogP contribution in [0.2, 0.25) is 0 Å². The van der Waals surface area contributed by atoms with E-state index in [9.17, 15) is 18.0 Å². The van der Waals surface area contributed by atoms with Gasteiger partial charge in [0.25, 0.3) is 5.91 Å². The molecule has 0 aromatic heterocycles. The van der Waals surface area contributed by atoms with Gasteiger partial charge in [0, 0.05) is 5.57 Å². The van der Waals surface area contributed by atoms with Crippen LogP contribution < -0.4 is 0 Å². The van der Waals surface area contributed by atoms with Crippen molar-refractivity contribution in [1.29, 1.82) is 0 Å². The lowest BCUT2D eigenvalue weighted by Crippen LogP contribution is -2.32. The highest BCUT2D eigenvalue weighted by atomic mass is 32.2. The Labute approximate surface area is 130 Å². The van der Waals surface area contributed by atoms with E-state index in [1.165, 1.54) is 12.2 Å². The summed E-state index contributed by atoms with van der Waals surface area (Å²) in [6.45, 7) is 0.0593. The van der Waals surface area contributed by atoms with Gasteiger partial charge in [-0.15, -0.1) is 0 Å². The molecular formula is C16H19NO4S.